The van der Waals surface area contributed by atoms with Gasteiger partial charge in [-0.3, -0.25) is 4.79 Å². The molecule has 0 radical (unpaired) electrons. The summed E-state index contributed by atoms with van der Waals surface area (Å²) < 4.78 is 0. The second-order valence-electron chi connectivity index (χ2n) is 3.87. The monoisotopic (exact) mass is 273 g/mol. The Balaban J connectivity index is 2.33. The van der Waals surface area contributed by atoms with Crippen molar-refractivity contribution in [2.75, 3.05) is 11.9 Å². The lowest BCUT2D eigenvalue weighted by Gasteiger charge is -2.11. The van der Waals surface area contributed by atoms with Crippen LogP contribution >= 0.6 is 23.4 Å². The molecule has 1 aliphatic rings. The molecule has 17 heavy (non-hydrogen) atoms. The number of aliphatic hydroxyl groups excluding tert-OH is 2. The Morgan fingerprint density at radius 3 is 2.94 bits per heavy atom. The number of hydrogen-bond donors (Lipinski definition) is 3. The summed E-state index contributed by atoms with van der Waals surface area (Å²) in [7, 11) is 0. The maximum absolute atomic E-state index is 11.3. The van der Waals surface area contributed by atoms with Crippen molar-refractivity contribution >= 4 is 35.0 Å². The first-order valence-corrected chi connectivity index (χ1v) is 6.38. The molecule has 1 aromatic carbocycles. The van der Waals surface area contributed by atoms with Crippen molar-refractivity contribution in [3.05, 3.63) is 22.7 Å². The molecule has 4 nitrogen and oxygen atoms in total. The average molecular weight is 274 g/mol. The van der Waals surface area contributed by atoms with Crippen molar-refractivity contribution in [2.45, 2.75) is 23.2 Å². The molecule has 0 aliphatic carbocycles. The molecule has 0 saturated heterocycles. The van der Waals surface area contributed by atoms with E-state index in [9.17, 15) is 9.90 Å². The van der Waals surface area contributed by atoms with Crippen LogP contribution < -0.4 is 5.32 Å². The van der Waals surface area contributed by atoms with E-state index in [0.717, 1.165) is 4.90 Å². The quantitative estimate of drug-likeness (QED) is 0.735. The highest BCUT2D eigenvalue weighted by atomic mass is 35.5. The van der Waals surface area contributed by atoms with Crippen LogP contribution in [0.2, 0.25) is 5.02 Å². The normalized spacial score (nSPS) is 20.0. The fourth-order valence-electron chi connectivity index (χ4n) is 1.59. The van der Waals surface area contributed by atoms with Gasteiger partial charge in [0.2, 0.25) is 0 Å². The highest BCUT2D eigenvalue weighted by Gasteiger charge is 2.29. The molecule has 2 atom stereocenters. The Labute approximate surface area is 108 Å². The fraction of sp³-hybridized carbons (Fsp3) is 0.364. The van der Waals surface area contributed by atoms with Crippen molar-refractivity contribution in [2.24, 2.45) is 0 Å². The zero-order valence-electron chi connectivity index (χ0n) is 9.11. The third-order valence-corrected chi connectivity index (χ3v) is 4.06. The van der Waals surface area contributed by atoms with E-state index in [0.29, 0.717) is 16.3 Å². The average Bonchev–Trinajstić information content (AvgIpc) is 2.56. The van der Waals surface area contributed by atoms with Crippen LogP contribution in [-0.2, 0) is 4.79 Å². The van der Waals surface area contributed by atoms with E-state index < -0.39 is 12.0 Å². The summed E-state index contributed by atoms with van der Waals surface area (Å²) in [5.41, 5.74) is 1.08. The lowest BCUT2D eigenvalue weighted by Crippen LogP contribution is -2.10. The molecular weight excluding hydrogens is 262 g/mol. The van der Waals surface area contributed by atoms with Crippen LogP contribution in [0.15, 0.2) is 17.0 Å². The molecule has 6 heteroatoms. The van der Waals surface area contributed by atoms with Crippen LogP contribution in [0, 0.1) is 0 Å². The van der Waals surface area contributed by atoms with Gasteiger partial charge in [0, 0.05) is 21.4 Å². The molecule has 2 rings (SSSR count). The Morgan fingerprint density at radius 1 is 1.59 bits per heavy atom. The van der Waals surface area contributed by atoms with Crippen molar-refractivity contribution in [1.82, 2.24) is 0 Å². The molecule has 1 aliphatic heterocycles. The highest BCUT2D eigenvalue weighted by molar-refractivity contribution is 8.00. The zero-order chi connectivity index (χ0) is 12.6. The molecule has 0 fully saturated rings. The molecule has 1 heterocycles. The Hall–Kier alpha value is -0.750. The number of carbonyl (C=O) groups excluding carboxylic acids is 1. The molecule has 1 amide bonds. The molecule has 0 bridgehead atoms. The van der Waals surface area contributed by atoms with Gasteiger partial charge in [-0.15, -0.1) is 11.8 Å². The highest BCUT2D eigenvalue weighted by Crippen LogP contribution is 2.39. The van der Waals surface area contributed by atoms with E-state index in [1.807, 2.05) is 6.92 Å². The van der Waals surface area contributed by atoms with Crippen molar-refractivity contribution in [3.63, 3.8) is 0 Å². The van der Waals surface area contributed by atoms with Gasteiger partial charge >= 0.3 is 0 Å². The third-order valence-electron chi connectivity index (χ3n) is 2.49. The van der Waals surface area contributed by atoms with Gasteiger partial charge in [-0.05, 0) is 12.1 Å². The van der Waals surface area contributed by atoms with E-state index in [4.69, 9.17) is 16.7 Å². The Morgan fingerprint density at radius 2 is 2.29 bits per heavy atom. The van der Waals surface area contributed by atoms with Gasteiger partial charge in [0.25, 0.3) is 5.91 Å². The number of benzene rings is 1. The maximum atomic E-state index is 11.3. The van der Waals surface area contributed by atoms with Crippen molar-refractivity contribution in [1.29, 1.82) is 0 Å². The smallest absolute Gasteiger partial charge is 0.257 e. The van der Waals surface area contributed by atoms with E-state index in [-0.39, 0.29) is 11.9 Å². The van der Waals surface area contributed by atoms with Crippen LogP contribution in [-0.4, -0.2) is 28.0 Å². The molecule has 3 N–H and O–H groups in total. The molecule has 0 saturated carbocycles. The van der Waals surface area contributed by atoms with Gasteiger partial charge in [0.15, 0.2) is 6.10 Å². The standard InChI is InChI=1S/C11H12ClNO3S/c1-5(4-14)17-9-3-8-6(2-7(9)12)10(15)11(16)13-8/h2-3,5,10,14-15H,4H2,1H3,(H,13,16). The first-order valence-electron chi connectivity index (χ1n) is 5.13. The minimum Gasteiger partial charge on any atom is -0.395 e. The van der Waals surface area contributed by atoms with Gasteiger partial charge in [0.1, 0.15) is 0 Å². The van der Waals surface area contributed by atoms with E-state index >= 15 is 0 Å². The first kappa shape index (κ1) is 12.7. The van der Waals surface area contributed by atoms with Crippen LogP contribution in [0.1, 0.15) is 18.6 Å². The first-order chi connectivity index (χ1) is 8.02. The molecule has 0 spiro atoms. The van der Waals surface area contributed by atoms with Gasteiger partial charge in [-0.25, -0.2) is 0 Å². The lowest BCUT2D eigenvalue weighted by atomic mass is 10.1. The maximum Gasteiger partial charge on any atom is 0.257 e. The number of anilines is 1. The van der Waals surface area contributed by atoms with Crippen LogP contribution in [0.25, 0.3) is 0 Å². The minimum absolute atomic E-state index is 0.0209. The predicted molar refractivity (Wildman–Crippen MR) is 67.4 cm³/mol. The van der Waals surface area contributed by atoms with Gasteiger partial charge in [-0.1, -0.05) is 18.5 Å². The fourth-order valence-corrected chi connectivity index (χ4v) is 2.76. The van der Waals surface area contributed by atoms with Gasteiger partial charge in [0.05, 0.1) is 11.6 Å². The van der Waals surface area contributed by atoms with E-state index in [1.165, 1.54) is 11.8 Å². The molecule has 0 aromatic heterocycles. The van der Waals surface area contributed by atoms with Crippen molar-refractivity contribution < 1.29 is 15.0 Å². The third kappa shape index (κ3) is 2.42. The van der Waals surface area contributed by atoms with E-state index in [1.54, 1.807) is 12.1 Å². The molecule has 1 aromatic rings. The number of hydrogen-bond acceptors (Lipinski definition) is 4. The number of carbonyl (C=O) groups is 1. The topological polar surface area (TPSA) is 69.6 Å². The van der Waals surface area contributed by atoms with Gasteiger partial charge < -0.3 is 15.5 Å². The summed E-state index contributed by atoms with van der Waals surface area (Å²) in [6, 6.07) is 3.31. The zero-order valence-corrected chi connectivity index (χ0v) is 10.7. The minimum atomic E-state index is -1.14. The molecule has 92 valence electrons. The second kappa shape index (κ2) is 4.86. The SMILES string of the molecule is CC(CO)Sc1cc2c(cc1Cl)C(O)C(=O)N2. The summed E-state index contributed by atoms with van der Waals surface area (Å²) in [5, 5.41) is 21.6. The summed E-state index contributed by atoms with van der Waals surface area (Å²) in [6.45, 7) is 1.93. The van der Waals surface area contributed by atoms with Crippen LogP contribution in [0.4, 0.5) is 5.69 Å². The van der Waals surface area contributed by atoms with Gasteiger partial charge in [-0.2, -0.15) is 0 Å². The Kier molecular flexibility index (Phi) is 3.63. The number of rotatable bonds is 3. The number of amides is 1. The largest absolute Gasteiger partial charge is 0.395 e. The van der Waals surface area contributed by atoms with Crippen LogP contribution in [0.3, 0.4) is 0 Å². The second-order valence-corrected chi connectivity index (χ2v) is 5.76. The predicted octanol–water partition coefficient (Wildman–Crippen LogP) is 1.80. The summed E-state index contributed by atoms with van der Waals surface area (Å²) in [6.07, 6.45) is -1.14. The number of thioether (sulfide) groups is 1. The summed E-state index contributed by atoms with van der Waals surface area (Å²) in [4.78, 5) is 12.1. The number of aliphatic hydroxyl groups is 2. The van der Waals surface area contributed by atoms with Crippen LogP contribution in [0.5, 0.6) is 0 Å². The molecular formula is C11H12ClNO3S. The summed E-state index contributed by atoms with van der Waals surface area (Å²) >= 11 is 7.49. The number of fused-ring (bicyclic) bond motifs is 1. The van der Waals surface area contributed by atoms with Crippen molar-refractivity contribution in [3.8, 4) is 0 Å². The Bertz CT molecular complexity index is 466. The molecule has 2 unspecified atom stereocenters. The van der Waals surface area contributed by atoms with E-state index in [2.05, 4.69) is 5.32 Å². The summed E-state index contributed by atoms with van der Waals surface area (Å²) in [5.74, 6) is -0.437. The number of nitrogens with one attached hydrogen (secondary N) is 1. The number of halogens is 1. The lowest BCUT2D eigenvalue weighted by molar-refractivity contribution is -0.123.